The first-order valence-electron chi connectivity index (χ1n) is 7.47. The number of ether oxygens (including phenoxy) is 1. The zero-order chi connectivity index (χ0) is 17.0. The molecule has 23 heavy (non-hydrogen) atoms. The molecule has 1 aromatic heterocycles. The summed E-state index contributed by atoms with van der Waals surface area (Å²) in [5, 5.41) is 7.07. The van der Waals surface area contributed by atoms with E-state index in [2.05, 4.69) is 54.4 Å². The van der Waals surface area contributed by atoms with Crippen molar-refractivity contribution in [2.24, 2.45) is 0 Å². The normalized spacial score (nSPS) is 11.0. The molecule has 8 heteroatoms. The first-order chi connectivity index (χ1) is 10.9. The molecular weight excluding hydrogens is 444 g/mol. The Morgan fingerprint density at radius 1 is 1.35 bits per heavy atom. The second-order valence-electron chi connectivity index (χ2n) is 5.42. The van der Waals surface area contributed by atoms with E-state index < -0.39 is 0 Å². The third-order valence-corrected chi connectivity index (χ3v) is 4.52. The van der Waals surface area contributed by atoms with Crippen LogP contribution in [-0.2, 0) is 13.0 Å². The zero-order valence-corrected chi connectivity index (χ0v) is 17.3. The molecule has 2 rings (SSSR count). The van der Waals surface area contributed by atoms with Gasteiger partial charge in [0.25, 0.3) is 0 Å². The number of benzene rings is 1. The minimum Gasteiger partial charge on any atom is -0.489 e. The van der Waals surface area contributed by atoms with Crippen LogP contribution in [0.2, 0.25) is 0 Å². The second kappa shape index (κ2) is 8.30. The van der Waals surface area contributed by atoms with E-state index in [-0.39, 0.29) is 6.10 Å². The van der Waals surface area contributed by atoms with Crippen LogP contribution in [-0.4, -0.2) is 21.0 Å². The summed E-state index contributed by atoms with van der Waals surface area (Å²) in [5.41, 5.74) is 4.42. The van der Waals surface area contributed by atoms with Crippen LogP contribution in [0.15, 0.2) is 21.1 Å². The van der Waals surface area contributed by atoms with Gasteiger partial charge in [-0.25, -0.2) is 4.68 Å². The van der Waals surface area contributed by atoms with E-state index in [1.807, 2.05) is 30.7 Å². The Hall–Kier alpha value is -0.860. The van der Waals surface area contributed by atoms with Gasteiger partial charge in [-0.2, -0.15) is 5.10 Å². The molecule has 0 aliphatic rings. The Morgan fingerprint density at radius 3 is 2.57 bits per heavy atom. The van der Waals surface area contributed by atoms with Crippen molar-refractivity contribution in [2.75, 3.05) is 5.43 Å². The number of hydrogen-bond donors (Lipinski definition) is 2. The van der Waals surface area contributed by atoms with E-state index in [0.29, 0.717) is 11.3 Å². The molecule has 0 amide bonds. The number of H-pyrrole nitrogens is 1. The molecule has 0 saturated carbocycles. The number of halogens is 2. The zero-order valence-electron chi connectivity index (χ0n) is 13.3. The minimum atomic E-state index is 0.118. The van der Waals surface area contributed by atoms with E-state index >= 15 is 0 Å². The largest absolute Gasteiger partial charge is 0.489 e. The van der Waals surface area contributed by atoms with Crippen LogP contribution in [0.1, 0.15) is 38.6 Å². The van der Waals surface area contributed by atoms with Gasteiger partial charge in [-0.1, -0.05) is 6.92 Å². The molecule has 2 N–H and O–H groups in total. The van der Waals surface area contributed by atoms with E-state index in [1.54, 1.807) is 0 Å². The second-order valence-corrected chi connectivity index (χ2v) is 7.52. The van der Waals surface area contributed by atoms with Crippen LogP contribution in [0.3, 0.4) is 0 Å². The number of hydrogen-bond acceptors (Lipinski definition) is 4. The highest BCUT2D eigenvalue weighted by Gasteiger charge is 2.11. The van der Waals surface area contributed by atoms with E-state index in [9.17, 15) is 0 Å². The molecule has 0 aliphatic carbocycles. The lowest BCUT2D eigenvalue weighted by Crippen LogP contribution is -2.17. The maximum Gasteiger partial charge on any atom is 0.214 e. The molecule has 0 fully saturated rings. The van der Waals surface area contributed by atoms with Crippen LogP contribution >= 0.6 is 44.1 Å². The van der Waals surface area contributed by atoms with Gasteiger partial charge >= 0.3 is 0 Å². The molecule has 0 bridgehead atoms. The van der Waals surface area contributed by atoms with Crippen molar-refractivity contribution in [1.82, 2.24) is 14.9 Å². The number of rotatable bonds is 7. The van der Waals surface area contributed by atoms with Crippen molar-refractivity contribution in [3.63, 3.8) is 0 Å². The molecule has 0 saturated heterocycles. The minimum absolute atomic E-state index is 0.118. The predicted octanol–water partition coefficient (Wildman–Crippen LogP) is 4.95. The summed E-state index contributed by atoms with van der Waals surface area (Å²) >= 11 is 12.4. The van der Waals surface area contributed by atoms with E-state index in [0.717, 1.165) is 38.9 Å². The Morgan fingerprint density at radius 2 is 2.00 bits per heavy atom. The first-order valence-corrected chi connectivity index (χ1v) is 9.46. The molecular formula is C15H20Br2N4OS. The van der Waals surface area contributed by atoms with Crippen molar-refractivity contribution in [3.05, 3.63) is 37.2 Å². The topological polar surface area (TPSA) is 54.9 Å². The van der Waals surface area contributed by atoms with Gasteiger partial charge < -0.3 is 10.2 Å². The predicted molar refractivity (Wildman–Crippen MR) is 102 cm³/mol. The lowest BCUT2D eigenvalue weighted by Gasteiger charge is -2.15. The number of nitrogens with one attached hydrogen (secondary N) is 2. The lowest BCUT2D eigenvalue weighted by atomic mass is 10.2. The molecule has 0 atom stereocenters. The van der Waals surface area contributed by atoms with Gasteiger partial charge in [0.1, 0.15) is 5.75 Å². The van der Waals surface area contributed by atoms with Crippen molar-refractivity contribution >= 4 is 44.1 Å². The molecule has 0 spiro atoms. The molecule has 5 nitrogen and oxygen atoms in total. The van der Waals surface area contributed by atoms with Gasteiger partial charge in [0.15, 0.2) is 5.82 Å². The maximum atomic E-state index is 5.80. The summed E-state index contributed by atoms with van der Waals surface area (Å²) in [7, 11) is 0. The summed E-state index contributed by atoms with van der Waals surface area (Å²) in [4.78, 5) is 0. The van der Waals surface area contributed by atoms with Crippen LogP contribution in [0.4, 0.5) is 0 Å². The SMILES string of the molecule is CCCc1n[nH]c(=S)n1NCc1cc(Br)c(OC(C)C)c(Br)c1. The third kappa shape index (κ3) is 4.81. The highest BCUT2D eigenvalue weighted by atomic mass is 79.9. The van der Waals surface area contributed by atoms with Gasteiger partial charge in [-0.3, -0.25) is 5.10 Å². The van der Waals surface area contributed by atoms with Crippen LogP contribution in [0.25, 0.3) is 0 Å². The number of nitrogens with zero attached hydrogens (tertiary/aromatic N) is 2. The fourth-order valence-electron chi connectivity index (χ4n) is 2.12. The van der Waals surface area contributed by atoms with Gasteiger partial charge in [0.05, 0.1) is 21.6 Å². The van der Waals surface area contributed by atoms with Gasteiger partial charge in [0, 0.05) is 6.42 Å². The van der Waals surface area contributed by atoms with Gasteiger partial charge in [0.2, 0.25) is 4.77 Å². The lowest BCUT2D eigenvalue weighted by molar-refractivity contribution is 0.239. The average Bonchev–Trinajstić information content (AvgIpc) is 2.81. The van der Waals surface area contributed by atoms with Crippen molar-refractivity contribution in [3.8, 4) is 5.75 Å². The quantitative estimate of drug-likeness (QED) is 0.570. The Balaban J connectivity index is 2.16. The monoisotopic (exact) mass is 462 g/mol. The standard InChI is InChI=1S/C15H20Br2N4OS/c1-4-5-13-19-20-15(23)21(13)18-8-10-6-11(16)14(12(17)7-10)22-9(2)3/h6-7,9,18H,4-5,8H2,1-3H3,(H,20,23). The fraction of sp³-hybridized carbons (Fsp3) is 0.467. The van der Waals surface area contributed by atoms with E-state index in [4.69, 9.17) is 17.0 Å². The summed E-state index contributed by atoms with van der Waals surface area (Å²) in [6, 6.07) is 4.08. The van der Waals surface area contributed by atoms with Crippen LogP contribution in [0.5, 0.6) is 5.75 Å². The van der Waals surface area contributed by atoms with Crippen LogP contribution < -0.4 is 10.2 Å². The molecule has 2 aromatic rings. The molecule has 0 unspecified atom stereocenters. The highest BCUT2D eigenvalue weighted by Crippen LogP contribution is 2.35. The Bertz CT molecular complexity index is 704. The van der Waals surface area contributed by atoms with Crippen molar-refractivity contribution < 1.29 is 4.74 Å². The van der Waals surface area contributed by atoms with Crippen LogP contribution in [0, 0.1) is 4.77 Å². The average molecular weight is 464 g/mol. The summed E-state index contributed by atoms with van der Waals surface area (Å²) < 4.78 is 10.0. The Labute approximate surface area is 158 Å². The fourth-order valence-corrected chi connectivity index (χ4v) is 3.80. The highest BCUT2D eigenvalue weighted by molar-refractivity contribution is 9.11. The van der Waals surface area contributed by atoms with Gasteiger partial charge in [-0.15, -0.1) is 0 Å². The molecule has 0 aliphatic heterocycles. The van der Waals surface area contributed by atoms with E-state index in [1.165, 1.54) is 0 Å². The molecule has 1 aromatic carbocycles. The van der Waals surface area contributed by atoms with Crippen molar-refractivity contribution in [2.45, 2.75) is 46.3 Å². The maximum absolute atomic E-state index is 5.80. The number of aromatic nitrogens is 3. The summed E-state index contributed by atoms with van der Waals surface area (Å²) in [6.07, 6.45) is 2.00. The molecule has 126 valence electrons. The smallest absolute Gasteiger partial charge is 0.214 e. The third-order valence-electron chi connectivity index (χ3n) is 3.07. The molecule has 1 heterocycles. The first kappa shape index (κ1) is 18.5. The number of aromatic amines is 1. The number of aryl methyl sites for hydroxylation is 1. The summed E-state index contributed by atoms with van der Waals surface area (Å²) in [6.45, 7) is 6.75. The van der Waals surface area contributed by atoms with Crippen molar-refractivity contribution in [1.29, 1.82) is 0 Å². The molecule has 0 radical (unpaired) electrons. The summed E-state index contributed by atoms with van der Waals surface area (Å²) in [5.74, 6) is 1.73. The Kier molecular flexibility index (Phi) is 6.67. The van der Waals surface area contributed by atoms with Gasteiger partial charge in [-0.05, 0) is 82.0 Å².